The molecule has 1 spiro atoms. The van der Waals surface area contributed by atoms with Crippen LogP contribution >= 0.6 is 24.0 Å². The minimum Gasteiger partial charge on any atom is -0.381 e. The van der Waals surface area contributed by atoms with Crippen molar-refractivity contribution in [3.63, 3.8) is 0 Å². The SMILES string of the molecule is CN=C(NCc1cc(-c2ccccc2)on1)N1CCC2(CCOC2)C1.I. The van der Waals surface area contributed by atoms with Crippen molar-refractivity contribution in [3.8, 4) is 11.3 Å². The number of hydrogen-bond donors (Lipinski definition) is 1. The Bertz CT molecular complexity index is 741. The van der Waals surface area contributed by atoms with Crippen LogP contribution in [0.15, 0.2) is 45.9 Å². The zero-order valence-corrected chi connectivity index (χ0v) is 17.3. The molecule has 1 aromatic heterocycles. The summed E-state index contributed by atoms with van der Waals surface area (Å²) in [6.45, 7) is 4.41. The van der Waals surface area contributed by atoms with Gasteiger partial charge < -0.3 is 19.5 Å². The topological polar surface area (TPSA) is 62.9 Å². The summed E-state index contributed by atoms with van der Waals surface area (Å²) in [5, 5.41) is 7.58. The van der Waals surface area contributed by atoms with Crippen molar-refractivity contribution in [2.45, 2.75) is 19.4 Å². The van der Waals surface area contributed by atoms with Crippen molar-refractivity contribution in [3.05, 3.63) is 42.1 Å². The second-order valence-electron chi connectivity index (χ2n) is 6.92. The predicted octanol–water partition coefficient (Wildman–Crippen LogP) is 3.15. The molecule has 2 aliphatic heterocycles. The van der Waals surface area contributed by atoms with Gasteiger partial charge >= 0.3 is 0 Å². The van der Waals surface area contributed by atoms with Gasteiger partial charge in [-0.25, -0.2) is 0 Å². The molecule has 0 bridgehead atoms. The molecule has 1 aromatic carbocycles. The summed E-state index contributed by atoms with van der Waals surface area (Å²) in [5.41, 5.74) is 2.23. The van der Waals surface area contributed by atoms with Gasteiger partial charge in [0.15, 0.2) is 11.7 Å². The number of nitrogens with zero attached hydrogens (tertiary/aromatic N) is 3. The molecule has 140 valence electrons. The standard InChI is InChI=1S/C19H24N4O2.HI/c1-20-18(23-9-7-19(13-23)8-10-24-14-19)21-12-16-11-17(25-22-16)15-5-3-2-4-6-15;/h2-6,11H,7-10,12-14H2,1H3,(H,20,21);1H. The largest absolute Gasteiger partial charge is 0.381 e. The molecule has 1 atom stereocenters. The van der Waals surface area contributed by atoms with Crippen LogP contribution in [0.1, 0.15) is 18.5 Å². The first-order chi connectivity index (χ1) is 12.3. The Balaban J connectivity index is 0.00000196. The first-order valence-electron chi connectivity index (χ1n) is 8.82. The Labute approximate surface area is 171 Å². The van der Waals surface area contributed by atoms with Gasteiger partial charge in [-0.3, -0.25) is 4.99 Å². The van der Waals surface area contributed by atoms with Crippen LogP contribution in [0.3, 0.4) is 0 Å². The van der Waals surface area contributed by atoms with Gasteiger partial charge in [-0.15, -0.1) is 24.0 Å². The first-order valence-corrected chi connectivity index (χ1v) is 8.82. The van der Waals surface area contributed by atoms with E-state index in [9.17, 15) is 0 Å². The Morgan fingerprint density at radius 1 is 1.31 bits per heavy atom. The summed E-state index contributed by atoms with van der Waals surface area (Å²) in [4.78, 5) is 6.76. The van der Waals surface area contributed by atoms with Gasteiger partial charge in [0.1, 0.15) is 5.69 Å². The lowest BCUT2D eigenvalue weighted by atomic mass is 9.87. The summed E-state index contributed by atoms with van der Waals surface area (Å²) < 4.78 is 11.1. The average molecular weight is 468 g/mol. The number of likely N-dealkylation sites (tertiary alicyclic amines) is 1. The van der Waals surface area contributed by atoms with E-state index in [-0.39, 0.29) is 24.0 Å². The van der Waals surface area contributed by atoms with Gasteiger partial charge in [-0.1, -0.05) is 35.5 Å². The van der Waals surface area contributed by atoms with Crippen LogP contribution in [-0.4, -0.2) is 49.4 Å². The number of nitrogens with one attached hydrogen (secondary N) is 1. The fourth-order valence-corrected chi connectivity index (χ4v) is 3.72. The Morgan fingerprint density at radius 3 is 2.88 bits per heavy atom. The van der Waals surface area contributed by atoms with Gasteiger partial charge in [0, 0.05) is 43.8 Å². The third-order valence-corrected chi connectivity index (χ3v) is 5.18. The fourth-order valence-electron chi connectivity index (χ4n) is 3.72. The molecule has 7 heteroatoms. The fraction of sp³-hybridized carbons (Fsp3) is 0.474. The second-order valence-corrected chi connectivity index (χ2v) is 6.92. The Kier molecular flexibility index (Phi) is 6.18. The van der Waals surface area contributed by atoms with Crippen LogP contribution in [0.25, 0.3) is 11.3 Å². The molecular weight excluding hydrogens is 443 g/mol. The molecule has 2 aromatic rings. The highest BCUT2D eigenvalue weighted by molar-refractivity contribution is 14.0. The van der Waals surface area contributed by atoms with Gasteiger partial charge in [-0.2, -0.15) is 0 Å². The van der Waals surface area contributed by atoms with Gasteiger partial charge in [0.25, 0.3) is 0 Å². The molecule has 0 saturated carbocycles. The van der Waals surface area contributed by atoms with Crippen LogP contribution in [-0.2, 0) is 11.3 Å². The Morgan fingerprint density at radius 2 is 2.15 bits per heavy atom. The lowest BCUT2D eigenvalue weighted by Crippen LogP contribution is -2.41. The molecule has 2 aliphatic rings. The zero-order valence-electron chi connectivity index (χ0n) is 15.0. The molecule has 0 amide bonds. The average Bonchev–Trinajstić information content (AvgIpc) is 3.39. The van der Waals surface area contributed by atoms with Crippen LogP contribution in [0, 0.1) is 5.41 Å². The highest BCUT2D eigenvalue weighted by atomic mass is 127. The van der Waals surface area contributed by atoms with Gasteiger partial charge in [0.05, 0.1) is 13.2 Å². The van der Waals surface area contributed by atoms with Crippen molar-refractivity contribution in [1.82, 2.24) is 15.4 Å². The summed E-state index contributed by atoms with van der Waals surface area (Å²) >= 11 is 0. The summed E-state index contributed by atoms with van der Waals surface area (Å²) in [5.74, 6) is 1.71. The molecule has 0 radical (unpaired) electrons. The Hall–Kier alpha value is -1.61. The molecule has 4 rings (SSSR count). The predicted molar refractivity (Wildman–Crippen MR) is 112 cm³/mol. The summed E-state index contributed by atoms with van der Waals surface area (Å²) in [6.07, 6.45) is 2.33. The van der Waals surface area contributed by atoms with E-state index in [1.54, 1.807) is 0 Å². The second kappa shape index (κ2) is 8.39. The lowest BCUT2D eigenvalue weighted by molar-refractivity contribution is 0.156. The number of rotatable bonds is 3. The molecule has 1 N–H and O–H groups in total. The van der Waals surface area contributed by atoms with Crippen molar-refractivity contribution in [2.75, 3.05) is 33.4 Å². The molecular formula is C19H25IN4O2. The van der Waals surface area contributed by atoms with Crippen LogP contribution in [0.2, 0.25) is 0 Å². The van der Waals surface area contributed by atoms with Crippen molar-refractivity contribution >= 4 is 29.9 Å². The van der Waals surface area contributed by atoms with E-state index in [1.165, 1.54) is 6.42 Å². The molecule has 3 heterocycles. The number of benzene rings is 1. The third kappa shape index (κ3) is 4.03. The van der Waals surface area contributed by atoms with Crippen molar-refractivity contribution < 1.29 is 9.26 Å². The molecule has 1 unspecified atom stereocenters. The molecule has 0 aliphatic carbocycles. The van der Waals surface area contributed by atoms with Gasteiger partial charge in [-0.05, 0) is 12.8 Å². The number of ether oxygens (including phenoxy) is 1. The number of aromatic nitrogens is 1. The molecule has 26 heavy (non-hydrogen) atoms. The normalized spacial score (nSPS) is 22.7. The highest BCUT2D eigenvalue weighted by Crippen LogP contribution is 2.38. The lowest BCUT2D eigenvalue weighted by Gasteiger charge is -2.24. The molecule has 2 fully saturated rings. The highest BCUT2D eigenvalue weighted by Gasteiger charge is 2.42. The molecule has 6 nitrogen and oxygen atoms in total. The quantitative estimate of drug-likeness (QED) is 0.426. The summed E-state index contributed by atoms with van der Waals surface area (Å²) in [7, 11) is 1.83. The summed E-state index contributed by atoms with van der Waals surface area (Å²) in [6, 6.07) is 12.0. The zero-order chi connectivity index (χ0) is 17.1. The molecule has 2 saturated heterocycles. The van der Waals surface area contributed by atoms with Crippen molar-refractivity contribution in [2.24, 2.45) is 10.4 Å². The maximum atomic E-state index is 5.61. The van der Waals surface area contributed by atoms with Crippen LogP contribution < -0.4 is 5.32 Å². The minimum absolute atomic E-state index is 0. The van der Waals surface area contributed by atoms with E-state index in [2.05, 4.69) is 20.4 Å². The maximum Gasteiger partial charge on any atom is 0.193 e. The third-order valence-electron chi connectivity index (χ3n) is 5.18. The van der Waals surface area contributed by atoms with Crippen molar-refractivity contribution in [1.29, 1.82) is 0 Å². The van der Waals surface area contributed by atoms with E-state index in [1.807, 2.05) is 43.4 Å². The van der Waals surface area contributed by atoms with Crippen LogP contribution in [0.5, 0.6) is 0 Å². The first kappa shape index (κ1) is 19.2. The van der Waals surface area contributed by atoms with E-state index in [4.69, 9.17) is 9.26 Å². The van der Waals surface area contributed by atoms with Gasteiger partial charge in [0.2, 0.25) is 0 Å². The maximum absolute atomic E-state index is 5.61. The number of guanidine groups is 1. The van der Waals surface area contributed by atoms with E-state index in [0.717, 1.165) is 55.7 Å². The van der Waals surface area contributed by atoms with Crippen LogP contribution in [0.4, 0.5) is 0 Å². The minimum atomic E-state index is 0. The smallest absolute Gasteiger partial charge is 0.193 e. The van der Waals surface area contributed by atoms with E-state index < -0.39 is 0 Å². The number of aliphatic imine (C=N–C) groups is 1. The van der Waals surface area contributed by atoms with E-state index in [0.29, 0.717) is 12.0 Å². The van der Waals surface area contributed by atoms with E-state index >= 15 is 0 Å². The monoisotopic (exact) mass is 468 g/mol. The number of hydrogen-bond acceptors (Lipinski definition) is 4. The number of halogens is 1.